The highest BCUT2D eigenvalue weighted by Crippen LogP contribution is 2.14. The van der Waals surface area contributed by atoms with Crippen molar-refractivity contribution < 1.29 is 4.79 Å². The number of aryl methyl sites for hydroxylation is 2. The van der Waals surface area contributed by atoms with Crippen molar-refractivity contribution in [2.45, 2.75) is 13.8 Å². The average molecular weight is 331 g/mol. The molecule has 0 spiro atoms. The Morgan fingerprint density at radius 1 is 1.04 bits per heavy atom. The van der Waals surface area contributed by atoms with Crippen molar-refractivity contribution in [1.82, 2.24) is 19.4 Å². The molecule has 6 nitrogen and oxygen atoms in total. The van der Waals surface area contributed by atoms with Crippen LogP contribution in [0.25, 0.3) is 16.7 Å². The SMILES string of the molecule is Cc1cc(C)n(-c2ccc(C(=O)Nn3cnc4ccccc43)cc2)n1. The van der Waals surface area contributed by atoms with E-state index in [1.165, 1.54) is 0 Å². The number of fused-ring (bicyclic) bond motifs is 1. The van der Waals surface area contributed by atoms with Gasteiger partial charge >= 0.3 is 0 Å². The minimum Gasteiger partial charge on any atom is -0.267 e. The highest BCUT2D eigenvalue weighted by Gasteiger charge is 2.10. The summed E-state index contributed by atoms with van der Waals surface area (Å²) in [7, 11) is 0. The number of imidazole rings is 1. The molecule has 4 aromatic rings. The number of nitrogens with one attached hydrogen (secondary N) is 1. The number of hydrogen-bond donors (Lipinski definition) is 1. The zero-order valence-corrected chi connectivity index (χ0v) is 14.0. The molecule has 2 aromatic carbocycles. The lowest BCUT2D eigenvalue weighted by atomic mass is 10.2. The number of carbonyl (C=O) groups excluding carboxylic acids is 1. The number of para-hydroxylation sites is 2. The lowest BCUT2D eigenvalue weighted by Gasteiger charge is -2.08. The topological polar surface area (TPSA) is 64.7 Å². The fraction of sp³-hybridized carbons (Fsp3) is 0.105. The summed E-state index contributed by atoms with van der Waals surface area (Å²) in [4.78, 5) is 16.8. The zero-order valence-electron chi connectivity index (χ0n) is 14.0. The van der Waals surface area contributed by atoms with Gasteiger partial charge in [-0.15, -0.1) is 0 Å². The Labute approximate surface area is 144 Å². The largest absolute Gasteiger partial charge is 0.270 e. The summed E-state index contributed by atoms with van der Waals surface area (Å²) in [6.07, 6.45) is 1.60. The minimum atomic E-state index is -0.192. The van der Waals surface area contributed by atoms with Crippen LogP contribution in [-0.4, -0.2) is 25.3 Å². The van der Waals surface area contributed by atoms with Gasteiger partial charge in [0.25, 0.3) is 5.91 Å². The Morgan fingerprint density at radius 3 is 2.52 bits per heavy atom. The monoisotopic (exact) mass is 331 g/mol. The number of aromatic nitrogens is 4. The third-order valence-corrected chi connectivity index (χ3v) is 4.06. The molecule has 0 aliphatic rings. The van der Waals surface area contributed by atoms with Gasteiger partial charge in [-0.2, -0.15) is 5.10 Å². The first kappa shape index (κ1) is 15.1. The fourth-order valence-electron chi connectivity index (χ4n) is 2.87. The highest BCUT2D eigenvalue weighted by atomic mass is 16.2. The van der Waals surface area contributed by atoms with Gasteiger partial charge in [-0.1, -0.05) is 12.1 Å². The van der Waals surface area contributed by atoms with Gasteiger partial charge in [-0.25, -0.2) is 14.3 Å². The van der Waals surface area contributed by atoms with Crippen LogP contribution in [0.15, 0.2) is 60.9 Å². The van der Waals surface area contributed by atoms with E-state index < -0.39 is 0 Å². The van der Waals surface area contributed by atoms with Gasteiger partial charge in [-0.05, 0) is 56.3 Å². The van der Waals surface area contributed by atoms with Crippen molar-refractivity contribution in [2.24, 2.45) is 0 Å². The summed E-state index contributed by atoms with van der Waals surface area (Å²) in [6.45, 7) is 3.96. The Kier molecular flexibility index (Phi) is 3.57. The summed E-state index contributed by atoms with van der Waals surface area (Å²) < 4.78 is 3.49. The molecule has 124 valence electrons. The number of hydrogen-bond acceptors (Lipinski definition) is 3. The van der Waals surface area contributed by atoms with E-state index in [-0.39, 0.29) is 5.91 Å². The van der Waals surface area contributed by atoms with Crippen LogP contribution in [0.4, 0.5) is 0 Å². The third kappa shape index (κ3) is 2.78. The van der Waals surface area contributed by atoms with Gasteiger partial charge in [-0.3, -0.25) is 10.2 Å². The molecule has 6 heteroatoms. The molecule has 25 heavy (non-hydrogen) atoms. The van der Waals surface area contributed by atoms with Crippen molar-refractivity contribution >= 4 is 16.9 Å². The van der Waals surface area contributed by atoms with Crippen LogP contribution in [0.3, 0.4) is 0 Å². The molecule has 0 saturated carbocycles. The molecule has 0 atom stereocenters. The Morgan fingerprint density at radius 2 is 1.80 bits per heavy atom. The number of nitrogens with zero attached hydrogens (tertiary/aromatic N) is 4. The first-order chi connectivity index (χ1) is 12.1. The van der Waals surface area contributed by atoms with Crippen LogP contribution in [0, 0.1) is 13.8 Å². The summed E-state index contributed by atoms with van der Waals surface area (Å²) in [6, 6.07) is 17.0. The van der Waals surface area contributed by atoms with E-state index in [1.54, 1.807) is 23.1 Å². The van der Waals surface area contributed by atoms with E-state index in [4.69, 9.17) is 0 Å². The first-order valence-corrected chi connectivity index (χ1v) is 7.99. The van der Waals surface area contributed by atoms with Crippen LogP contribution in [0.5, 0.6) is 0 Å². The molecule has 0 radical (unpaired) electrons. The van der Waals surface area contributed by atoms with Gasteiger partial charge in [0, 0.05) is 11.3 Å². The first-order valence-electron chi connectivity index (χ1n) is 7.99. The maximum atomic E-state index is 12.5. The lowest BCUT2D eigenvalue weighted by Crippen LogP contribution is -2.22. The van der Waals surface area contributed by atoms with Gasteiger partial charge in [0.15, 0.2) is 0 Å². The van der Waals surface area contributed by atoms with Gasteiger partial charge in [0.2, 0.25) is 0 Å². The van der Waals surface area contributed by atoms with Crippen molar-refractivity contribution in [1.29, 1.82) is 0 Å². The smallest absolute Gasteiger partial charge is 0.267 e. The zero-order chi connectivity index (χ0) is 17.4. The van der Waals surface area contributed by atoms with Gasteiger partial charge < -0.3 is 0 Å². The number of amides is 1. The van der Waals surface area contributed by atoms with Crippen LogP contribution in [0.2, 0.25) is 0 Å². The molecule has 0 aliphatic carbocycles. The fourth-order valence-corrected chi connectivity index (χ4v) is 2.87. The van der Waals surface area contributed by atoms with Crippen LogP contribution >= 0.6 is 0 Å². The molecule has 2 heterocycles. The van der Waals surface area contributed by atoms with Crippen molar-refractivity contribution in [3.8, 4) is 5.69 Å². The molecule has 0 saturated heterocycles. The van der Waals surface area contributed by atoms with Gasteiger partial charge in [0.05, 0.1) is 22.4 Å². The molecule has 0 unspecified atom stereocenters. The van der Waals surface area contributed by atoms with Crippen molar-refractivity contribution in [2.75, 3.05) is 5.43 Å². The molecular formula is C19H17N5O. The molecule has 2 aromatic heterocycles. The maximum absolute atomic E-state index is 12.5. The minimum absolute atomic E-state index is 0.192. The standard InChI is InChI=1S/C19H17N5O/c1-13-11-14(2)24(21-13)16-9-7-15(8-10-16)19(25)22-23-12-20-17-5-3-4-6-18(17)23/h3-12H,1-2H3,(H,22,25). The average Bonchev–Trinajstić information content (AvgIpc) is 3.18. The Bertz CT molecular complexity index is 1060. The molecule has 1 N–H and O–H groups in total. The van der Waals surface area contributed by atoms with Gasteiger partial charge in [0.1, 0.15) is 6.33 Å². The van der Waals surface area contributed by atoms with Crippen molar-refractivity contribution in [3.05, 3.63) is 77.9 Å². The second kappa shape index (κ2) is 5.90. The lowest BCUT2D eigenvalue weighted by molar-refractivity contribution is 0.101. The quantitative estimate of drug-likeness (QED) is 0.627. The number of carbonyl (C=O) groups is 1. The predicted molar refractivity (Wildman–Crippen MR) is 96.5 cm³/mol. The normalized spacial score (nSPS) is 11.0. The summed E-state index contributed by atoms with van der Waals surface area (Å²) in [5, 5.41) is 4.45. The molecular weight excluding hydrogens is 314 g/mol. The van der Waals surface area contributed by atoms with Crippen molar-refractivity contribution in [3.63, 3.8) is 0 Å². The Hall–Kier alpha value is -3.41. The number of rotatable bonds is 3. The molecule has 0 aliphatic heterocycles. The Balaban J connectivity index is 1.57. The van der Waals surface area contributed by atoms with Crippen LogP contribution in [-0.2, 0) is 0 Å². The second-order valence-electron chi connectivity index (χ2n) is 5.93. The van der Waals surface area contributed by atoms with E-state index in [0.717, 1.165) is 28.1 Å². The highest BCUT2D eigenvalue weighted by molar-refractivity contribution is 6.00. The predicted octanol–water partition coefficient (Wildman–Crippen LogP) is 3.22. The number of benzene rings is 2. The maximum Gasteiger partial charge on any atom is 0.270 e. The van der Waals surface area contributed by atoms with E-state index in [1.807, 2.05) is 61.0 Å². The van der Waals surface area contributed by atoms with E-state index in [9.17, 15) is 4.79 Å². The van der Waals surface area contributed by atoms with Crippen LogP contribution in [0.1, 0.15) is 21.7 Å². The van der Waals surface area contributed by atoms with E-state index in [0.29, 0.717) is 5.56 Å². The molecule has 0 fully saturated rings. The van der Waals surface area contributed by atoms with Crippen LogP contribution < -0.4 is 5.43 Å². The van der Waals surface area contributed by atoms with E-state index in [2.05, 4.69) is 15.5 Å². The summed E-state index contributed by atoms with van der Waals surface area (Å²) in [5.41, 5.74) is 8.06. The second-order valence-corrected chi connectivity index (χ2v) is 5.93. The summed E-state index contributed by atoms with van der Waals surface area (Å²) in [5.74, 6) is -0.192. The van der Waals surface area contributed by atoms with E-state index >= 15 is 0 Å². The molecule has 1 amide bonds. The molecule has 4 rings (SSSR count). The third-order valence-electron chi connectivity index (χ3n) is 4.06. The molecule has 0 bridgehead atoms. The summed E-state index contributed by atoms with van der Waals surface area (Å²) >= 11 is 0.